The van der Waals surface area contributed by atoms with Crippen molar-refractivity contribution in [3.8, 4) is 11.5 Å². The van der Waals surface area contributed by atoms with E-state index in [-0.39, 0.29) is 29.7 Å². The summed E-state index contributed by atoms with van der Waals surface area (Å²) in [5.41, 5.74) is 0. The lowest BCUT2D eigenvalue weighted by Gasteiger charge is -2.27. The van der Waals surface area contributed by atoms with Crippen molar-refractivity contribution in [3.05, 3.63) is 18.2 Å². The number of nitrogens with one attached hydrogen (secondary N) is 2. The highest BCUT2D eigenvalue weighted by Crippen LogP contribution is 2.30. The smallest absolute Gasteiger partial charge is 0.240 e. The van der Waals surface area contributed by atoms with Crippen LogP contribution >= 0.6 is 24.8 Å². The Morgan fingerprint density at radius 2 is 1.69 bits per heavy atom. The van der Waals surface area contributed by atoms with E-state index in [1.165, 1.54) is 6.07 Å². The summed E-state index contributed by atoms with van der Waals surface area (Å²) in [7, 11) is -3.56. The van der Waals surface area contributed by atoms with Crippen molar-refractivity contribution in [2.45, 2.75) is 18.7 Å². The second-order valence-corrected chi connectivity index (χ2v) is 7.23. The van der Waals surface area contributed by atoms with Gasteiger partial charge in [-0.3, -0.25) is 4.90 Å². The first-order valence-corrected chi connectivity index (χ1v) is 9.87. The number of hydrogen-bond donors (Lipinski definition) is 2. The molecule has 0 radical (unpaired) electrons. The van der Waals surface area contributed by atoms with Crippen LogP contribution < -0.4 is 19.5 Å². The van der Waals surface area contributed by atoms with E-state index >= 15 is 0 Å². The Hall–Kier alpha value is -0.770. The summed E-state index contributed by atoms with van der Waals surface area (Å²) < 4.78 is 38.5. The zero-order valence-electron chi connectivity index (χ0n) is 15.2. The molecule has 0 unspecified atom stereocenters. The van der Waals surface area contributed by atoms with Crippen LogP contribution in [0.2, 0.25) is 0 Å². The molecule has 1 saturated heterocycles. The summed E-state index contributed by atoms with van der Waals surface area (Å²) in [6.45, 7) is 9.54. The second-order valence-electron chi connectivity index (χ2n) is 5.46. The third-order valence-corrected chi connectivity index (χ3v) is 5.21. The van der Waals surface area contributed by atoms with E-state index < -0.39 is 10.0 Å². The molecule has 0 saturated carbocycles. The zero-order chi connectivity index (χ0) is 17.4. The second kappa shape index (κ2) is 12.6. The number of benzene rings is 1. The van der Waals surface area contributed by atoms with Crippen LogP contribution in [-0.4, -0.2) is 65.8 Å². The van der Waals surface area contributed by atoms with Gasteiger partial charge in [0, 0.05) is 45.3 Å². The van der Waals surface area contributed by atoms with E-state index in [0.717, 1.165) is 26.2 Å². The van der Waals surface area contributed by atoms with Gasteiger partial charge in [-0.1, -0.05) is 0 Å². The molecule has 26 heavy (non-hydrogen) atoms. The number of rotatable bonds is 9. The molecular weight excluding hydrogens is 401 g/mol. The van der Waals surface area contributed by atoms with Crippen LogP contribution in [-0.2, 0) is 10.0 Å². The van der Waals surface area contributed by atoms with Crippen LogP contribution in [0, 0.1) is 0 Å². The fourth-order valence-electron chi connectivity index (χ4n) is 2.55. The van der Waals surface area contributed by atoms with Crippen molar-refractivity contribution in [3.63, 3.8) is 0 Å². The lowest BCUT2D eigenvalue weighted by Crippen LogP contribution is -2.46. The molecule has 0 amide bonds. The Morgan fingerprint density at radius 1 is 1.08 bits per heavy atom. The van der Waals surface area contributed by atoms with Gasteiger partial charge in [-0.05, 0) is 26.0 Å². The SMILES string of the molecule is CCOc1ccc(S(=O)(=O)NCCN2CCNCC2)cc1OCC.Cl.Cl. The number of sulfonamides is 1. The first kappa shape index (κ1) is 25.2. The first-order chi connectivity index (χ1) is 11.6. The Labute approximate surface area is 168 Å². The molecule has 2 N–H and O–H groups in total. The quantitative estimate of drug-likeness (QED) is 0.619. The maximum atomic E-state index is 12.5. The van der Waals surface area contributed by atoms with E-state index in [0.29, 0.717) is 37.8 Å². The minimum atomic E-state index is -3.56. The minimum absolute atomic E-state index is 0. The summed E-state index contributed by atoms with van der Waals surface area (Å²) >= 11 is 0. The molecule has 0 aromatic heterocycles. The molecule has 7 nitrogen and oxygen atoms in total. The summed E-state index contributed by atoms with van der Waals surface area (Å²) in [5, 5.41) is 3.27. The van der Waals surface area contributed by atoms with Crippen molar-refractivity contribution >= 4 is 34.8 Å². The molecule has 1 aromatic rings. The van der Waals surface area contributed by atoms with Gasteiger partial charge in [0.1, 0.15) is 0 Å². The Balaban J connectivity index is 0.00000312. The fraction of sp³-hybridized carbons (Fsp3) is 0.625. The average molecular weight is 430 g/mol. The van der Waals surface area contributed by atoms with Gasteiger partial charge in [-0.15, -0.1) is 24.8 Å². The van der Waals surface area contributed by atoms with E-state index in [1.807, 2.05) is 13.8 Å². The lowest BCUT2D eigenvalue weighted by atomic mass is 10.3. The van der Waals surface area contributed by atoms with Gasteiger partial charge in [0.05, 0.1) is 18.1 Å². The van der Waals surface area contributed by atoms with E-state index in [1.54, 1.807) is 12.1 Å². The molecule has 0 spiro atoms. The number of nitrogens with zero attached hydrogens (tertiary/aromatic N) is 1. The topological polar surface area (TPSA) is 79.9 Å². The van der Waals surface area contributed by atoms with E-state index in [9.17, 15) is 8.42 Å². The number of piperazine rings is 1. The van der Waals surface area contributed by atoms with E-state index in [2.05, 4.69) is 14.9 Å². The standard InChI is InChI=1S/C16H27N3O4S.2ClH/c1-3-22-15-6-5-14(13-16(15)23-4-2)24(20,21)18-9-12-19-10-7-17-8-11-19;;/h5-6,13,17-18H,3-4,7-12H2,1-2H3;2*1H. The van der Waals surface area contributed by atoms with Crippen molar-refractivity contribution in [1.29, 1.82) is 0 Å². The molecule has 10 heteroatoms. The van der Waals surface area contributed by atoms with Crippen molar-refractivity contribution in [2.75, 3.05) is 52.5 Å². The average Bonchev–Trinajstić information content (AvgIpc) is 2.57. The van der Waals surface area contributed by atoms with Crippen LogP contribution in [0.5, 0.6) is 11.5 Å². The molecular formula is C16H29Cl2N3O4S. The maximum absolute atomic E-state index is 12.5. The number of hydrogen-bond acceptors (Lipinski definition) is 6. The molecule has 0 aliphatic carbocycles. The van der Waals surface area contributed by atoms with E-state index in [4.69, 9.17) is 9.47 Å². The monoisotopic (exact) mass is 429 g/mol. The molecule has 0 atom stereocenters. The molecule has 1 fully saturated rings. The highest BCUT2D eigenvalue weighted by atomic mass is 35.5. The van der Waals surface area contributed by atoms with Gasteiger partial charge >= 0.3 is 0 Å². The number of ether oxygens (including phenoxy) is 2. The van der Waals surface area contributed by atoms with Crippen molar-refractivity contribution in [2.24, 2.45) is 0 Å². The Morgan fingerprint density at radius 3 is 2.31 bits per heavy atom. The van der Waals surface area contributed by atoms with Crippen LogP contribution in [0.3, 0.4) is 0 Å². The molecule has 152 valence electrons. The van der Waals surface area contributed by atoms with Gasteiger partial charge in [0.2, 0.25) is 10.0 Å². The van der Waals surface area contributed by atoms with Crippen LogP contribution in [0.1, 0.15) is 13.8 Å². The molecule has 1 aliphatic heterocycles. The van der Waals surface area contributed by atoms with Gasteiger partial charge in [-0.25, -0.2) is 13.1 Å². The highest BCUT2D eigenvalue weighted by Gasteiger charge is 2.18. The van der Waals surface area contributed by atoms with Gasteiger partial charge in [-0.2, -0.15) is 0 Å². The summed E-state index contributed by atoms with van der Waals surface area (Å²) in [4.78, 5) is 2.43. The molecule has 1 aromatic carbocycles. The third-order valence-electron chi connectivity index (χ3n) is 3.75. The van der Waals surface area contributed by atoms with Crippen molar-refractivity contribution in [1.82, 2.24) is 14.9 Å². The largest absolute Gasteiger partial charge is 0.490 e. The van der Waals surface area contributed by atoms with Crippen molar-refractivity contribution < 1.29 is 17.9 Å². The van der Waals surface area contributed by atoms with Crippen LogP contribution in [0.4, 0.5) is 0 Å². The number of halogens is 2. The van der Waals surface area contributed by atoms with Crippen LogP contribution in [0.25, 0.3) is 0 Å². The predicted octanol–water partition coefficient (Wildman–Crippen LogP) is 1.51. The predicted molar refractivity (Wildman–Crippen MR) is 108 cm³/mol. The molecule has 1 heterocycles. The van der Waals surface area contributed by atoms with Gasteiger partial charge in [0.25, 0.3) is 0 Å². The van der Waals surface area contributed by atoms with Crippen LogP contribution in [0.15, 0.2) is 23.1 Å². The fourth-order valence-corrected chi connectivity index (χ4v) is 3.59. The molecule has 0 bridgehead atoms. The Kier molecular flexibility index (Phi) is 12.2. The lowest BCUT2D eigenvalue weighted by molar-refractivity contribution is 0.245. The summed E-state index contributed by atoms with van der Waals surface area (Å²) in [6.07, 6.45) is 0. The Bertz CT molecular complexity index is 626. The van der Waals surface area contributed by atoms with Gasteiger partial charge < -0.3 is 14.8 Å². The third kappa shape index (κ3) is 7.46. The molecule has 2 rings (SSSR count). The zero-order valence-corrected chi connectivity index (χ0v) is 17.6. The normalized spacial score (nSPS) is 14.8. The summed E-state index contributed by atoms with van der Waals surface area (Å²) in [6, 6.07) is 4.70. The maximum Gasteiger partial charge on any atom is 0.240 e. The minimum Gasteiger partial charge on any atom is -0.490 e. The summed E-state index contributed by atoms with van der Waals surface area (Å²) in [5.74, 6) is 1.00. The van der Waals surface area contributed by atoms with Gasteiger partial charge in [0.15, 0.2) is 11.5 Å². The molecule has 1 aliphatic rings. The highest BCUT2D eigenvalue weighted by molar-refractivity contribution is 7.89. The first-order valence-electron chi connectivity index (χ1n) is 8.39.